The first-order valence-corrected chi connectivity index (χ1v) is 20.6. The zero-order chi connectivity index (χ0) is 36.4. The highest BCUT2D eigenvalue weighted by atomic mass is 28.3. The van der Waals surface area contributed by atoms with Crippen LogP contribution in [0.1, 0.15) is 16.7 Å². The van der Waals surface area contributed by atoms with Crippen molar-refractivity contribution in [3.05, 3.63) is 247 Å². The highest BCUT2D eigenvalue weighted by Gasteiger charge is 2.36. The Hall–Kier alpha value is -6.74. The standard InChI is InChI=1S/C52H41NSi/c1-6-16-47(17-7-1)53(48-18-8-2-9-19-48)49-38-32-43(33-39-49)27-26-42-28-34-45(35-29-42)46-36-30-44(31-37-46)40-41-54(50-20-10-3-11-21-50,51-22-12-4-13-23-51)52-24-14-5-15-25-52/h1-41H/b27-26+,41-40+. The fourth-order valence-electron chi connectivity index (χ4n) is 7.21. The van der Waals surface area contributed by atoms with Gasteiger partial charge in [-0.15, -0.1) is 0 Å². The molecule has 0 N–H and O–H groups in total. The second kappa shape index (κ2) is 16.3. The van der Waals surface area contributed by atoms with Crippen molar-refractivity contribution < 1.29 is 0 Å². The van der Waals surface area contributed by atoms with Crippen LogP contribution in [-0.2, 0) is 0 Å². The van der Waals surface area contributed by atoms with Crippen molar-refractivity contribution >= 4 is 58.9 Å². The van der Waals surface area contributed by atoms with E-state index in [9.17, 15) is 0 Å². The predicted molar refractivity (Wildman–Crippen MR) is 235 cm³/mol. The van der Waals surface area contributed by atoms with Gasteiger partial charge in [-0.2, -0.15) is 0 Å². The predicted octanol–water partition coefficient (Wildman–Crippen LogP) is 11.7. The molecular formula is C52H41NSi. The number of nitrogens with zero attached hydrogens (tertiary/aromatic N) is 1. The Morgan fingerprint density at radius 2 is 0.574 bits per heavy atom. The van der Waals surface area contributed by atoms with Crippen LogP contribution in [0.3, 0.4) is 0 Å². The molecule has 8 rings (SSSR count). The van der Waals surface area contributed by atoms with E-state index >= 15 is 0 Å². The summed E-state index contributed by atoms with van der Waals surface area (Å²) in [5, 5.41) is 4.12. The van der Waals surface area contributed by atoms with Crippen molar-refractivity contribution in [2.24, 2.45) is 0 Å². The Kier molecular flexibility index (Phi) is 10.4. The Balaban J connectivity index is 0.992. The topological polar surface area (TPSA) is 3.24 Å². The molecule has 0 radical (unpaired) electrons. The van der Waals surface area contributed by atoms with Crippen LogP contribution in [0.2, 0.25) is 0 Å². The molecule has 8 aromatic carbocycles. The van der Waals surface area contributed by atoms with Gasteiger partial charge in [-0.3, -0.25) is 0 Å². The van der Waals surface area contributed by atoms with E-state index in [0.717, 1.165) is 22.6 Å². The lowest BCUT2D eigenvalue weighted by atomic mass is 10.0. The van der Waals surface area contributed by atoms with Crippen molar-refractivity contribution in [2.75, 3.05) is 4.90 Å². The molecule has 0 fully saturated rings. The number of anilines is 3. The highest BCUT2D eigenvalue weighted by molar-refractivity contribution is 7.15. The van der Waals surface area contributed by atoms with Gasteiger partial charge in [-0.05, 0) is 79.8 Å². The Labute approximate surface area is 320 Å². The molecule has 0 saturated carbocycles. The van der Waals surface area contributed by atoms with Crippen molar-refractivity contribution in [1.82, 2.24) is 0 Å². The molecule has 54 heavy (non-hydrogen) atoms. The molecule has 0 heterocycles. The van der Waals surface area contributed by atoms with Crippen molar-refractivity contribution in [1.29, 1.82) is 0 Å². The van der Waals surface area contributed by atoms with Gasteiger partial charge >= 0.3 is 0 Å². The molecule has 258 valence electrons. The van der Waals surface area contributed by atoms with Gasteiger partial charge in [0.15, 0.2) is 8.07 Å². The summed E-state index contributed by atoms with van der Waals surface area (Å²) in [5.74, 6) is 0. The van der Waals surface area contributed by atoms with Gasteiger partial charge in [-0.1, -0.05) is 212 Å². The molecule has 0 amide bonds. The second-order valence-corrected chi connectivity index (χ2v) is 17.1. The van der Waals surface area contributed by atoms with Crippen molar-refractivity contribution in [2.45, 2.75) is 0 Å². The third-order valence-electron chi connectivity index (χ3n) is 10.0. The van der Waals surface area contributed by atoms with Crippen LogP contribution in [0.25, 0.3) is 29.4 Å². The summed E-state index contributed by atoms with van der Waals surface area (Å²) in [7, 11) is -2.45. The van der Waals surface area contributed by atoms with Gasteiger partial charge in [0, 0.05) is 17.1 Å². The maximum absolute atomic E-state index is 2.50. The second-order valence-electron chi connectivity index (χ2n) is 13.4. The van der Waals surface area contributed by atoms with Crippen LogP contribution in [0.5, 0.6) is 0 Å². The van der Waals surface area contributed by atoms with Crippen molar-refractivity contribution in [3.8, 4) is 11.1 Å². The summed E-state index contributed by atoms with van der Waals surface area (Å²) in [6, 6.07) is 80.6. The molecule has 0 aliphatic carbocycles. The van der Waals surface area contributed by atoms with E-state index in [4.69, 9.17) is 0 Å². The monoisotopic (exact) mass is 707 g/mol. The summed E-state index contributed by atoms with van der Waals surface area (Å²) in [6.45, 7) is 0. The molecule has 2 heteroatoms. The number of hydrogen-bond acceptors (Lipinski definition) is 1. The molecule has 8 aromatic rings. The molecule has 0 bridgehead atoms. The van der Waals surface area contributed by atoms with E-state index in [-0.39, 0.29) is 0 Å². The number of hydrogen-bond donors (Lipinski definition) is 0. The quantitative estimate of drug-likeness (QED) is 0.0735. The summed E-state index contributed by atoms with van der Waals surface area (Å²) in [6.07, 6.45) is 6.68. The van der Waals surface area contributed by atoms with Crippen LogP contribution in [0, 0.1) is 0 Å². The van der Waals surface area contributed by atoms with Crippen LogP contribution in [0.4, 0.5) is 17.1 Å². The molecule has 1 nitrogen and oxygen atoms in total. The zero-order valence-electron chi connectivity index (χ0n) is 30.1. The molecule has 0 spiro atoms. The van der Waals surface area contributed by atoms with Crippen LogP contribution >= 0.6 is 0 Å². The first-order chi connectivity index (χ1) is 26.8. The maximum Gasteiger partial charge on any atom is 0.172 e. The van der Waals surface area contributed by atoms with Gasteiger partial charge in [0.1, 0.15) is 0 Å². The van der Waals surface area contributed by atoms with Gasteiger partial charge in [0.2, 0.25) is 0 Å². The lowest BCUT2D eigenvalue weighted by molar-refractivity contribution is 1.28. The van der Waals surface area contributed by atoms with E-state index in [1.165, 1.54) is 37.8 Å². The fourth-order valence-corrected chi connectivity index (χ4v) is 11.4. The number of rotatable bonds is 11. The summed E-state index contributed by atoms with van der Waals surface area (Å²) < 4.78 is 0. The molecule has 0 aliphatic heterocycles. The third kappa shape index (κ3) is 7.56. The van der Waals surface area contributed by atoms with Crippen LogP contribution < -0.4 is 20.5 Å². The maximum atomic E-state index is 2.50. The average molecular weight is 708 g/mol. The minimum Gasteiger partial charge on any atom is -0.311 e. The first kappa shape index (κ1) is 34.3. The molecule has 0 unspecified atom stereocenters. The van der Waals surface area contributed by atoms with Gasteiger partial charge in [-0.25, -0.2) is 0 Å². The normalized spacial score (nSPS) is 11.6. The number of benzene rings is 8. The first-order valence-electron chi connectivity index (χ1n) is 18.5. The van der Waals surface area contributed by atoms with Crippen LogP contribution in [0.15, 0.2) is 230 Å². The Bertz CT molecular complexity index is 2290. The third-order valence-corrected chi connectivity index (χ3v) is 14.4. The van der Waals surface area contributed by atoms with E-state index in [1.807, 2.05) is 0 Å². The molecule has 0 aliphatic rings. The van der Waals surface area contributed by atoms with Gasteiger partial charge in [0.25, 0.3) is 0 Å². The SMILES string of the molecule is C(=C\c1ccc(N(c2ccccc2)c2ccccc2)cc1)/c1ccc(-c2ccc(/C=C/[Si](c3ccccc3)(c3ccccc3)c3ccccc3)cc2)cc1. The number of para-hydroxylation sites is 2. The molecule has 0 aromatic heterocycles. The molecular weight excluding hydrogens is 667 g/mol. The summed E-state index contributed by atoms with van der Waals surface area (Å²) >= 11 is 0. The van der Waals surface area contributed by atoms with Crippen molar-refractivity contribution in [3.63, 3.8) is 0 Å². The highest BCUT2D eigenvalue weighted by Crippen LogP contribution is 2.34. The Morgan fingerprint density at radius 3 is 0.944 bits per heavy atom. The van der Waals surface area contributed by atoms with E-state index in [1.54, 1.807) is 0 Å². The minimum atomic E-state index is -2.45. The zero-order valence-corrected chi connectivity index (χ0v) is 31.1. The van der Waals surface area contributed by atoms with E-state index in [2.05, 4.69) is 253 Å². The van der Waals surface area contributed by atoms with Crippen LogP contribution in [-0.4, -0.2) is 8.07 Å². The van der Waals surface area contributed by atoms with E-state index < -0.39 is 8.07 Å². The molecule has 0 atom stereocenters. The summed E-state index contributed by atoms with van der Waals surface area (Å²) in [4.78, 5) is 2.28. The largest absolute Gasteiger partial charge is 0.311 e. The average Bonchev–Trinajstić information content (AvgIpc) is 3.26. The minimum absolute atomic E-state index is 1.13. The lowest BCUT2D eigenvalue weighted by Gasteiger charge is -2.30. The Morgan fingerprint density at radius 1 is 0.278 bits per heavy atom. The summed E-state index contributed by atoms with van der Waals surface area (Å²) in [5.41, 5.74) is 11.8. The van der Waals surface area contributed by atoms with E-state index in [0.29, 0.717) is 0 Å². The molecule has 0 saturated heterocycles. The smallest absolute Gasteiger partial charge is 0.172 e. The lowest BCUT2D eigenvalue weighted by Crippen LogP contribution is -2.66. The van der Waals surface area contributed by atoms with Gasteiger partial charge in [0.05, 0.1) is 0 Å². The van der Waals surface area contributed by atoms with Gasteiger partial charge < -0.3 is 4.90 Å². The fraction of sp³-hybridized carbons (Fsp3) is 0.